The topological polar surface area (TPSA) is 44.8 Å². The van der Waals surface area contributed by atoms with Gasteiger partial charge in [0.1, 0.15) is 5.60 Å². The molecule has 0 bridgehead atoms. The number of ether oxygens (including phenoxy) is 2. The van der Waals surface area contributed by atoms with Gasteiger partial charge in [-0.25, -0.2) is 0 Å². The molecule has 1 aliphatic rings. The Hall–Kier alpha value is -0.233. The molecule has 1 aliphatic heterocycles. The molecule has 0 radical (unpaired) electrons. The van der Waals surface area contributed by atoms with Gasteiger partial charge in [0.05, 0.1) is 6.61 Å². The van der Waals surface area contributed by atoms with E-state index >= 15 is 0 Å². The van der Waals surface area contributed by atoms with Gasteiger partial charge >= 0.3 is 0 Å². The first-order valence-corrected chi connectivity index (χ1v) is 11.2. The molecule has 3 unspecified atom stereocenters. The molecule has 0 saturated carbocycles. The molecule has 3 atom stereocenters. The molecule has 0 aromatic rings. The maximum Gasteiger partial charge on any atom is 0.172 e. The molecule has 1 rings (SSSR count). The van der Waals surface area contributed by atoms with Crippen LogP contribution in [0.1, 0.15) is 52.4 Å². The molecule has 1 heterocycles. The summed E-state index contributed by atoms with van der Waals surface area (Å²) in [6, 6.07) is 0. The van der Waals surface area contributed by atoms with E-state index in [2.05, 4.69) is 26.9 Å². The number of unbranched alkanes of at least 4 members (excludes halogenated alkanes) is 1. The highest BCUT2D eigenvalue weighted by molar-refractivity contribution is 6.48. The molecule has 0 amide bonds. The molecule has 0 aliphatic carbocycles. The molecule has 0 spiro atoms. The summed E-state index contributed by atoms with van der Waals surface area (Å²) in [7, 11) is -1.33. The number of hydrogen-bond acceptors (Lipinski definition) is 4. The van der Waals surface area contributed by atoms with Crippen molar-refractivity contribution in [3.8, 4) is 0 Å². The Morgan fingerprint density at radius 1 is 1.43 bits per heavy atom. The zero-order valence-corrected chi connectivity index (χ0v) is 15.3. The van der Waals surface area contributed by atoms with Crippen LogP contribution in [-0.4, -0.2) is 40.4 Å². The van der Waals surface area contributed by atoms with Gasteiger partial charge in [-0.05, 0) is 44.7 Å². The van der Waals surface area contributed by atoms with Gasteiger partial charge in [-0.3, -0.25) is 0 Å². The maximum absolute atomic E-state index is 11.8. The molecule has 1 fully saturated rings. The molecule has 21 heavy (non-hydrogen) atoms. The zero-order valence-electron chi connectivity index (χ0n) is 14.1. The summed E-state index contributed by atoms with van der Waals surface area (Å²) >= 11 is 0. The Morgan fingerprint density at radius 3 is 2.71 bits per heavy atom. The molecule has 4 nitrogen and oxygen atoms in total. The Morgan fingerprint density at radius 2 is 2.19 bits per heavy atom. The fraction of sp³-hybridized carbons (Fsp3) is 0.938. The standard InChI is InChI=1S/C16H32O4Si/c1-5-6-9-14(2)16(12-17,20-21(3)4)13-19-15-10-7-8-11-18-15/h12,14-15,21H,5-11,13H2,1-4H3. The van der Waals surface area contributed by atoms with Crippen LogP contribution in [0.25, 0.3) is 0 Å². The van der Waals surface area contributed by atoms with Gasteiger partial charge in [-0.2, -0.15) is 0 Å². The van der Waals surface area contributed by atoms with Gasteiger partial charge in [0.15, 0.2) is 21.6 Å². The summed E-state index contributed by atoms with van der Waals surface area (Å²) in [5.41, 5.74) is -0.795. The highest BCUT2D eigenvalue weighted by Crippen LogP contribution is 2.28. The predicted octanol–water partition coefficient (Wildman–Crippen LogP) is 3.29. The minimum absolute atomic E-state index is 0.172. The van der Waals surface area contributed by atoms with E-state index in [0.717, 1.165) is 51.4 Å². The van der Waals surface area contributed by atoms with Crippen LogP contribution >= 0.6 is 0 Å². The highest BCUT2D eigenvalue weighted by Gasteiger charge is 2.39. The first-order valence-electron chi connectivity index (χ1n) is 8.41. The second-order valence-electron chi connectivity index (χ2n) is 6.39. The van der Waals surface area contributed by atoms with Crippen LogP contribution in [0.5, 0.6) is 0 Å². The van der Waals surface area contributed by atoms with E-state index in [-0.39, 0.29) is 12.2 Å². The van der Waals surface area contributed by atoms with E-state index in [1.54, 1.807) is 0 Å². The van der Waals surface area contributed by atoms with Crippen LogP contribution in [0.2, 0.25) is 13.1 Å². The Labute approximate surface area is 131 Å². The molecule has 1 saturated heterocycles. The molecule has 0 aromatic carbocycles. The van der Waals surface area contributed by atoms with Crippen molar-refractivity contribution in [1.29, 1.82) is 0 Å². The summed E-state index contributed by atoms with van der Waals surface area (Å²) in [4.78, 5) is 11.8. The van der Waals surface area contributed by atoms with Crippen LogP contribution in [-0.2, 0) is 18.7 Å². The lowest BCUT2D eigenvalue weighted by Crippen LogP contribution is -2.49. The normalized spacial score (nSPS) is 23.8. The van der Waals surface area contributed by atoms with Crippen LogP contribution in [0.4, 0.5) is 0 Å². The quantitative estimate of drug-likeness (QED) is 0.458. The van der Waals surface area contributed by atoms with Crippen molar-refractivity contribution >= 4 is 15.3 Å². The summed E-state index contributed by atoms with van der Waals surface area (Å²) in [5.74, 6) is 0.174. The molecular weight excluding hydrogens is 284 g/mol. The Kier molecular flexibility index (Phi) is 8.71. The number of hydrogen-bond donors (Lipinski definition) is 0. The second kappa shape index (κ2) is 9.72. The van der Waals surface area contributed by atoms with Gasteiger partial charge in [-0.1, -0.05) is 26.7 Å². The van der Waals surface area contributed by atoms with Crippen LogP contribution in [0, 0.1) is 5.92 Å². The van der Waals surface area contributed by atoms with Crippen molar-refractivity contribution in [1.82, 2.24) is 0 Å². The number of carbonyl (C=O) groups is 1. The lowest BCUT2D eigenvalue weighted by atomic mass is 9.87. The minimum atomic E-state index is -1.33. The van der Waals surface area contributed by atoms with E-state index in [0.29, 0.717) is 6.61 Å². The van der Waals surface area contributed by atoms with Gasteiger partial charge < -0.3 is 18.7 Å². The van der Waals surface area contributed by atoms with Crippen molar-refractivity contribution in [3.05, 3.63) is 0 Å². The average Bonchev–Trinajstić information content (AvgIpc) is 2.49. The van der Waals surface area contributed by atoms with Gasteiger partial charge in [-0.15, -0.1) is 0 Å². The largest absolute Gasteiger partial charge is 0.406 e. The number of rotatable bonds is 10. The van der Waals surface area contributed by atoms with Gasteiger partial charge in [0, 0.05) is 6.61 Å². The van der Waals surface area contributed by atoms with Crippen LogP contribution in [0.3, 0.4) is 0 Å². The lowest BCUT2D eigenvalue weighted by Gasteiger charge is -2.37. The Bertz CT molecular complexity index is 292. The smallest absolute Gasteiger partial charge is 0.172 e. The van der Waals surface area contributed by atoms with E-state index in [1.165, 1.54) is 0 Å². The van der Waals surface area contributed by atoms with E-state index in [4.69, 9.17) is 13.9 Å². The highest BCUT2D eigenvalue weighted by atomic mass is 28.3. The van der Waals surface area contributed by atoms with E-state index < -0.39 is 14.6 Å². The summed E-state index contributed by atoms with van der Waals surface area (Å²) in [6.07, 6.45) is 7.18. The maximum atomic E-state index is 11.8. The van der Waals surface area contributed by atoms with Crippen molar-refractivity contribution in [2.45, 2.75) is 77.4 Å². The molecule has 124 valence electrons. The van der Waals surface area contributed by atoms with Crippen molar-refractivity contribution in [2.75, 3.05) is 13.2 Å². The van der Waals surface area contributed by atoms with Crippen molar-refractivity contribution < 1.29 is 18.7 Å². The summed E-state index contributed by atoms with van der Waals surface area (Å²) in [6.45, 7) is 9.54. The predicted molar refractivity (Wildman–Crippen MR) is 87.0 cm³/mol. The monoisotopic (exact) mass is 316 g/mol. The van der Waals surface area contributed by atoms with Crippen LogP contribution in [0.15, 0.2) is 0 Å². The van der Waals surface area contributed by atoms with Gasteiger partial charge in [0.25, 0.3) is 0 Å². The van der Waals surface area contributed by atoms with E-state index in [1.807, 2.05) is 0 Å². The average molecular weight is 317 g/mol. The first-order chi connectivity index (χ1) is 10.0. The Balaban J connectivity index is 2.66. The van der Waals surface area contributed by atoms with Crippen molar-refractivity contribution in [2.24, 2.45) is 5.92 Å². The van der Waals surface area contributed by atoms with Crippen LogP contribution < -0.4 is 0 Å². The van der Waals surface area contributed by atoms with Crippen molar-refractivity contribution in [3.63, 3.8) is 0 Å². The third-order valence-corrected chi connectivity index (χ3v) is 5.02. The van der Waals surface area contributed by atoms with E-state index in [9.17, 15) is 4.79 Å². The fourth-order valence-electron chi connectivity index (χ4n) is 2.73. The SMILES string of the molecule is CCCCC(C)C(C=O)(COC1CCCCO1)O[SiH](C)C. The molecule has 0 aromatic heterocycles. The number of carbonyl (C=O) groups excluding carboxylic acids is 1. The third kappa shape index (κ3) is 6.18. The lowest BCUT2D eigenvalue weighted by molar-refractivity contribution is -0.192. The molecular formula is C16H32O4Si. The third-order valence-electron chi connectivity index (χ3n) is 4.11. The zero-order chi connectivity index (χ0) is 15.7. The number of aldehydes is 1. The molecule has 0 N–H and O–H groups in total. The summed E-state index contributed by atoms with van der Waals surface area (Å²) in [5, 5.41) is 0. The van der Waals surface area contributed by atoms with Gasteiger partial charge in [0.2, 0.25) is 0 Å². The first kappa shape index (κ1) is 18.8. The fourth-order valence-corrected chi connectivity index (χ4v) is 3.96. The minimum Gasteiger partial charge on any atom is -0.406 e. The molecule has 5 heteroatoms. The second-order valence-corrected chi connectivity index (χ2v) is 8.72. The summed E-state index contributed by atoms with van der Waals surface area (Å²) < 4.78 is 17.6.